The van der Waals surface area contributed by atoms with Crippen molar-refractivity contribution in [1.82, 2.24) is 24.9 Å². The summed E-state index contributed by atoms with van der Waals surface area (Å²) in [5, 5.41) is 0. The predicted octanol–water partition coefficient (Wildman–Crippen LogP) is 13.7. The van der Waals surface area contributed by atoms with Gasteiger partial charge in [0.05, 0.1) is 34.2 Å². The van der Waals surface area contributed by atoms with Gasteiger partial charge in [-0.05, 0) is 75.3 Å². The van der Waals surface area contributed by atoms with Crippen LogP contribution in [0.1, 0.15) is 0 Å². The first-order valence-corrected chi connectivity index (χ1v) is 20.0. The Hall–Kier alpha value is -8.15. The molecule has 6 aromatic carbocycles. The normalized spacial score (nSPS) is 11.0. The Morgan fingerprint density at radius 1 is 0.217 bits per heavy atom. The summed E-state index contributed by atoms with van der Waals surface area (Å²) in [4.78, 5) is 24.5. The second-order valence-corrected chi connectivity index (χ2v) is 14.6. The van der Waals surface area contributed by atoms with E-state index < -0.39 is 0 Å². The average Bonchev–Trinajstić information content (AvgIpc) is 3.35. The fraction of sp³-hybridized carbons (Fsp3) is 0. The molecule has 5 heteroatoms. The van der Waals surface area contributed by atoms with E-state index in [-0.39, 0.29) is 0 Å². The van der Waals surface area contributed by atoms with Gasteiger partial charge in [-0.1, -0.05) is 176 Å². The largest absolute Gasteiger partial charge is 0.255 e. The summed E-state index contributed by atoms with van der Waals surface area (Å²) in [7, 11) is 0. The van der Waals surface area contributed by atoms with E-state index >= 15 is 0 Å². The molecule has 4 aromatic heterocycles. The molecule has 0 N–H and O–H groups in total. The number of nitrogens with zero attached hydrogens (tertiary/aromatic N) is 5. The Labute approximate surface area is 349 Å². The number of pyridine rings is 3. The van der Waals surface area contributed by atoms with Gasteiger partial charge in [-0.25, -0.2) is 15.0 Å². The first kappa shape index (κ1) is 36.2. The second kappa shape index (κ2) is 16.4. The van der Waals surface area contributed by atoms with Crippen LogP contribution in [0.2, 0.25) is 0 Å². The van der Waals surface area contributed by atoms with Crippen molar-refractivity contribution in [3.8, 4) is 101 Å². The monoisotopic (exact) mass is 767 g/mol. The minimum Gasteiger partial charge on any atom is -0.255 e. The van der Waals surface area contributed by atoms with Crippen LogP contribution in [-0.4, -0.2) is 24.9 Å². The van der Waals surface area contributed by atoms with Crippen molar-refractivity contribution in [2.24, 2.45) is 0 Å². The number of rotatable bonds is 9. The fourth-order valence-electron chi connectivity index (χ4n) is 7.43. The van der Waals surface area contributed by atoms with Crippen molar-refractivity contribution in [3.05, 3.63) is 225 Å². The smallest absolute Gasteiger partial charge is 0.160 e. The summed E-state index contributed by atoms with van der Waals surface area (Å²) in [5.41, 5.74) is 17.0. The Kier molecular flexibility index (Phi) is 9.88. The Morgan fingerprint density at radius 2 is 0.617 bits per heavy atom. The van der Waals surface area contributed by atoms with Gasteiger partial charge in [-0.3, -0.25) is 9.97 Å². The molecule has 0 aliphatic rings. The van der Waals surface area contributed by atoms with Gasteiger partial charge in [0.15, 0.2) is 5.82 Å². The molecule has 0 fully saturated rings. The van der Waals surface area contributed by atoms with Crippen molar-refractivity contribution in [2.45, 2.75) is 0 Å². The number of hydrogen-bond acceptors (Lipinski definition) is 5. The molecular weight excluding hydrogens is 731 g/mol. The molecule has 0 radical (unpaired) electrons. The van der Waals surface area contributed by atoms with Crippen LogP contribution in [-0.2, 0) is 0 Å². The van der Waals surface area contributed by atoms with E-state index in [9.17, 15) is 0 Å². The Bertz CT molecular complexity index is 2950. The van der Waals surface area contributed by atoms with Crippen LogP contribution in [0.15, 0.2) is 225 Å². The van der Waals surface area contributed by atoms with E-state index in [1.807, 2.05) is 72.9 Å². The molecule has 282 valence electrons. The number of aromatic nitrogens is 5. The lowest BCUT2D eigenvalue weighted by Crippen LogP contribution is -1.96. The van der Waals surface area contributed by atoms with Crippen LogP contribution in [0.4, 0.5) is 0 Å². The van der Waals surface area contributed by atoms with Crippen LogP contribution >= 0.6 is 0 Å². The van der Waals surface area contributed by atoms with Crippen LogP contribution in [0.25, 0.3) is 101 Å². The Morgan fingerprint density at radius 3 is 1.08 bits per heavy atom. The van der Waals surface area contributed by atoms with Gasteiger partial charge in [-0.15, -0.1) is 0 Å². The van der Waals surface area contributed by atoms with Crippen LogP contribution in [0.5, 0.6) is 0 Å². The standard InChI is InChI=1S/C55H37N5/c1-4-12-38(13-5-1)40-23-27-44(28-24-40)51-36-52(60-55(59-51)46-16-8-3-9-17-46)45-29-25-42(26-30-45)41-19-21-43(22-20-41)47-31-32-50(57-37-47)54-35-48(39-14-6-2-7-15-39)34-53(58-54)49-18-10-11-33-56-49/h1-37H. The molecule has 0 saturated heterocycles. The van der Waals surface area contributed by atoms with E-state index in [1.54, 1.807) is 6.20 Å². The van der Waals surface area contributed by atoms with E-state index in [0.29, 0.717) is 5.82 Å². The fourth-order valence-corrected chi connectivity index (χ4v) is 7.43. The van der Waals surface area contributed by atoms with Crippen LogP contribution in [0, 0.1) is 0 Å². The first-order valence-electron chi connectivity index (χ1n) is 20.0. The maximum absolute atomic E-state index is 5.05. The average molecular weight is 768 g/mol. The third kappa shape index (κ3) is 7.76. The molecule has 0 bridgehead atoms. The quantitative estimate of drug-likeness (QED) is 0.146. The molecule has 0 aliphatic carbocycles. The van der Waals surface area contributed by atoms with E-state index in [0.717, 1.165) is 84.2 Å². The zero-order chi connectivity index (χ0) is 40.1. The molecule has 10 rings (SSSR count). The van der Waals surface area contributed by atoms with E-state index in [4.69, 9.17) is 19.9 Å². The molecule has 0 aliphatic heterocycles. The van der Waals surface area contributed by atoms with E-state index in [1.165, 1.54) is 11.1 Å². The molecule has 0 atom stereocenters. The van der Waals surface area contributed by atoms with Gasteiger partial charge >= 0.3 is 0 Å². The van der Waals surface area contributed by atoms with Crippen molar-refractivity contribution in [1.29, 1.82) is 0 Å². The SMILES string of the molecule is c1ccc(-c2ccc(-c3cc(-c4ccc(-c5ccc(-c6ccc(-c7cc(-c8ccccc8)cc(-c8ccccn8)n7)nc6)cc5)cc4)nc(-c4ccccc4)n3)cc2)cc1. The van der Waals surface area contributed by atoms with Crippen molar-refractivity contribution >= 4 is 0 Å². The lowest BCUT2D eigenvalue weighted by Gasteiger charge is -2.11. The Balaban J connectivity index is 0.900. The second-order valence-electron chi connectivity index (χ2n) is 14.6. The highest BCUT2D eigenvalue weighted by molar-refractivity contribution is 5.78. The van der Waals surface area contributed by atoms with Gasteiger partial charge in [0.2, 0.25) is 0 Å². The van der Waals surface area contributed by atoms with E-state index in [2.05, 4.69) is 151 Å². The van der Waals surface area contributed by atoms with Gasteiger partial charge in [0.25, 0.3) is 0 Å². The van der Waals surface area contributed by atoms with Crippen LogP contribution in [0.3, 0.4) is 0 Å². The maximum atomic E-state index is 5.05. The molecule has 0 unspecified atom stereocenters. The van der Waals surface area contributed by atoms with Gasteiger partial charge in [0, 0.05) is 34.6 Å². The summed E-state index contributed by atoms with van der Waals surface area (Å²) in [6.45, 7) is 0. The molecule has 10 aromatic rings. The summed E-state index contributed by atoms with van der Waals surface area (Å²) in [6.07, 6.45) is 3.72. The molecule has 5 nitrogen and oxygen atoms in total. The molecular formula is C55H37N5. The molecule has 0 spiro atoms. The lowest BCUT2D eigenvalue weighted by atomic mass is 9.98. The number of hydrogen-bond donors (Lipinski definition) is 0. The van der Waals surface area contributed by atoms with Crippen molar-refractivity contribution in [3.63, 3.8) is 0 Å². The third-order valence-electron chi connectivity index (χ3n) is 10.7. The summed E-state index contributed by atoms with van der Waals surface area (Å²) < 4.78 is 0. The summed E-state index contributed by atoms with van der Waals surface area (Å²) in [6, 6.07) is 73.1. The first-order chi connectivity index (χ1) is 29.7. The highest BCUT2D eigenvalue weighted by atomic mass is 14.9. The van der Waals surface area contributed by atoms with Gasteiger partial charge < -0.3 is 0 Å². The van der Waals surface area contributed by atoms with Crippen LogP contribution < -0.4 is 0 Å². The molecule has 60 heavy (non-hydrogen) atoms. The van der Waals surface area contributed by atoms with Crippen molar-refractivity contribution < 1.29 is 0 Å². The summed E-state index contributed by atoms with van der Waals surface area (Å²) >= 11 is 0. The zero-order valence-electron chi connectivity index (χ0n) is 32.6. The lowest BCUT2D eigenvalue weighted by molar-refractivity contribution is 1.18. The number of benzene rings is 6. The minimum atomic E-state index is 0.698. The minimum absolute atomic E-state index is 0.698. The third-order valence-corrected chi connectivity index (χ3v) is 10.7. The highest BCUT2D eigenvalue weighted by Gasteiger charge is 2.13. The topological polar surface area (TPSA) is 64.5 Å². The molecule has 0 amide bonds. The van der Waals surface area contributed by atoms with Gasteiger partial charge in [0.1, 0.15) is 0 Å². The maximum Gasteiger partial charge on any atom is 0.160 e. The van der Waals surface area contributed by atoms with Gasteiger partial charge in [-0.2, -0.15) is 0 Å². The predicted molar refractivity (Wildman–Crippen MR) is 244 cm³/mol. The zero-order valence-corrected chi connectivity index (χ0v) is 32.6. The molecule has 0 saturated carbocycles. The summed E-state index contributed by atoms with van der Waals surface area (Å²) in [5.74, 6) is 0.698. The highest BCUT2D eigenvalue weighted by Crippen LogP contribution is 2.33. The molecule has 4 heterocycles. The van der Waals surface area contributed by atoms with Crippen molar-refractivity contribution in [2.75, 3.05) is 0 Å².